The number of halogens is 3. The van der Waals surface area contributed by atoms with Crippen LogP contribution in [0.2, 0.25) is 0 Å². The third kappa shape index (κ3) is 7.66. The van der Waals surface area contributed by atoms with Gasteiger partial charge in [0.05, 0.1) is 30.4 Å². The van der Waals surface area contributed by atoms with E-state index >= 15 is 0 Å². The van der Waals surface area contributed by atoms with Crippen LogP contribution in [0.3, 0.4) is 0 Å². The van der Waals surface area contributed by atoms with Crippen LogP contribution >= 0.6 is 0 Å². The van der Waals surface area contributed by atoms with Gasteiger partial charge in [-0.2, -0.15) is 13.2 Å². The molecule has 0 aliphatic carbocycles. The Hall–Kier alpha value is -3.69. The van der Waals surface area contributed by atoms with Crippen molar-refractivity contribution in [3.63, 3.8) is 0 Å². The monoisotopic (exact) mass is 500 g/mol. The molecule has 0 radical (unpaired) electrons. The lowest BCUT2D eigenvalue weighted by atomic mass is 10.00. The van der Waals surface area contributed by atoms with E-state index in [9.17, 15) is 27.9 Å². The van der Waals surface area contributed by atoms with E-state index in [-0.39, 0.29) is 24.2 Å². The summed E-state index contributed by atoms with van der Waals surface area (Å²) in [5.74, 6) is -1.07. The summed E-state index contributed by atoms with van der Waals surface area (Å²) >= 11 is 0. The predicted octanol–water partition coefficient (Wildman–Crippen LogP) is 3.98. The van der Waals surface area contributed by atoms with Crippen molar-refractivity contribution in [1.29, 1.82) is 0 Å². The highest BCUT2D eigenvalue weighted by atomic mass is 19.4. The molecule has 0 fully saturated rings. The van der Waals surface area contributed by atoms with Gasteiger partial charge in [-0.25, -0.2) is 4.79 Å². The third-order valence-corrected chi connectivity index (χ3v) is 5.56. The van der Waals surface area contributed by atoms with E-state index in [1.54, 1.807) is 18.2 Å². The van der Waals surface area contributed by atoms with Gasteiger partial charge < -0.3 is 20.5 Å². The number of benzene rings is 3. The number of amides is 1. The predicted molar refractivity (Wildman–Crippen MR) is 128 cm³/mol. The van der Waals surface area contributed by atoms with Gasteiger partial charge in [-0.05, 0) is 41.8 Å². The zero-order chi connectivity index (χ0) is 26.1. The van der Waals surface area contributed by atoms with E-state index in [1.165, 1.54) is 25.3 Å². The molecule has 0 aromatic heterocycles. The maximum absolute atomic E-state index is 13.0. The molecule has 3 rings (SSSR count). The average Bonchev–Trinajstić information content (AvgIpc) is 2.88. The summed E-state index contributed by atoms with van der Waals surface area (Å²) in [4.78, 5) is 24.7. The van der Waals surface area contributed by atoms with Gasteiger partial charge in [0.25, 0.3) is 5.91 Å². The quantitative estimate of drug-likeness (QED) is 0.367. The minimum absolute atomic E-state index is 0.0240. The zero-order valence-electron chi connectivity index (χ0n) is 19.6. The van der Waals surface area contributed by atoms with Gasteiger partial charge in [0.2, 0.25) is 0 Å². The zero-order valence-corrected chi connectivity index (χ0v) is 19.6. The van der Waals surface area contributed by atoms with Crippen molar-refractivity contribution in [3.05, 3.63) is 107 Å². The molecule has 0 saturated carbocycles. The summed E-state index contributed by atoms with van der Waals surface area (Å²) in [5, 5.41) is 16.7. The molecule has 190 valence electrons. The van der Waals surface area contributed by atoms with Crippen LogP contribution in [0, 0.1) is 0 Å². The van der Waals surface area contributed by atoms with Crippen LogP contribution < -0.4 is 10.6 Å². The lowest BCUT2D eigenvalue weighted by Crippen LogP contribution is -2.48. The summed E-state index contributed by atoms with van der Waals surface area (Å²) in [6.45, 7) is 0.129. The van der Waals surface area contributed by atoms with Crippen molar-refractivity contribution < 1.29 is 32.6 Å². The molecule has 0 heterocycles. The molecule has 0 spiro atoms. The lowest BCUT2D eigenvalue weighted by molar-refractivity contribution is -0.137. The Kier molecular flexibility index (Phi) is 9.21. The van der Waals surface area contributed by atoms with Gasteiger partial charge >= 0.3 is 12.1 Å². The van der Waals surface area contributed by atoms with Crippen LogP contribution in [0.1, 0.15) is 37.4 Å². The van der Waals surface area contributed by atoms with E-state index < -0.39 is 35.8 Å². The third-order valence-electron chi connectivity index (χ3n) is 5.56. The molecular weight excluding hydrogens is 473 g/mol. The van der Waals surface area contributed by atoms with Crippen LogP contribution in [0.25, 0.3) is 0 Å². The number of methoxy groups -OCH3 is 1. The Morgan fingerprint density at radius 3 is 2.28 bits per heavy atom. The van der Waals surface area contributed by atoms with Gasteiger partial charge in [0, 0.05) is 18.7 Å². The Labute approximate surface area is 207 Å². The lowest BCUT2D eigenvalue weighted by Gasteiger charge is -2.25. The summed E-state index contributed by atoms with van der Waals surface area (Å²) in [6.07, 6.45) is -5.18. The number of esters is 1. The molecule has 0 aliphatic heterocycles. The molecule has 2 unspecified atom stereocenters. The van der Waals surface area contributed by atoms with Crippen molar-refractivity contribution in [2.75, 3.05) is 13.7 Å². The molecule has 3 aromatic carbocycles. The van der Waals surface area contributed by atoms with Crippen molar-refractivity contribution in [3.8, 4) is 0 Å². The fraction of sp³-hybridized carbons (Fsp3) is 0.259. The van der Waals surface area contributed by atoms with Crippen LogP contribution in [0.5, 0.6) is 0 Å². The maximum atomic E-state index is 13.0. The first kappa shape index (κ1) is 26.9. The minimum Gasteiger partial charge on any atom is -0.465 e. The molecule has 0 saturated heterocycles. The molecule has 1 amide bonds. The number of carbonyl (C=O) groups is 2. The summed E-state index contributed by atoms with van der Waals surface area (Å²) in [5.41, 5.74) is 0.988. The van der Waals surface area contributed by atoms with E-state index in [0.717, 1.165) is 17.7 Å². The second-order valence-electron chi connectivity index (χ2n) is 8.24. The number of nitrogens with one attached hydrogen (secondary N) is 2. The highest BCUT2D eigenvalue weighted by Gasteiger charge is 2.30. The molecule has 0 bridgehead atoms. The summed E-state index contributed by atoms with van der Waals surface area (Å²) in [6, 6.07) is 19.5. The Morgan fingerprint density at radius 1 is 0.917 bits per heavy atom. The normalized spacial score (nSPS) is 13.0. The first-order valence-corrected chi connectivity index (χ1v) is 11.3. The Bertz CT molecular complexity index is 1170. The number of carbonyl (C=O) groups excluding carboxylic acids is 2. The maximum Gasteiger partial charge on any atom is 0.416 e. The molecule has 0 aliphatic rings. The molecular formula is C27H27F3N2O4. The fourth-order valence-electron chi connectivity index (χ4n) is 3.67. The highest BCUT2D eigenvalue weighted by molar-refractivity contribution is 5.98. The van der Waals surface area contributed by atoms with Gasteiger partial charge in [-0.3, -0.25) is 4.79 Å². The molecule has 36 heavy (non-hydrogen) atoms. The standard InChI is InChI=1S/C27H27F3N2O4/c1-36-26(35)21-11-6-10-20(15-21)25(34)32-23(14-18-7-3-2-4-8-18)24(33)17-31-16-19-9-5-12-22(13-19)27(28,29)30/h2-13,15,23-24,31,33H,14,16-17H2,1H3,(H,32,34). The number of aliphatic hydroxyl groups excluding tert-OH is 1. The number of alkyl halides is 3. The van der Waals surface area contributed by atoms with Crippen molar-refractivity contribution in [1.82, 2.24) is 10.6 Å². The van der Waals surface area contributed by atoms with E-state index in [0.29, 0.717) is 12.0 Å². The largest absolute Gasteiger partial charge is 0.465 e. The number of ether oxygens (including phenoxy) is 1. The van der Waals surface area contributed by atoms with Gasteiger partial charge in [-0.1, -0.05) is 54.6 Å². The van der Waals surface area contributed by atoms with Crippen molar-refractivity contribution >= 4 is 11.9 Å². The van der Waals surface area contributed by atoms with Gasteiger partial charge in [0.15, 0.2) is 0 Å². The van der Waals surface area contributed by atoms with Crippen molar-refractivity contribution in [2.45, 2.75) is 31.3 Å². The number of rotatable bonds is 10. The molecule has 2 atom stereocenters. The molecule has 9 heteroatoms. The Morgan fingerprint density at radius 2 is 1.58 bits per heavy atom. The average molecular weight is 501 g/mol. The smallest absolute Gasteiger partial charge is 0.416 e. The first-order chi connectivity index (χ1) is 17.2. The number of hydrogen-bond donors (Lipinski definition) is 3. The first-order valence-electron chi connectivity index (χ1n) is 11.3. The van der Waals surface area contributed by atoms with Gasteiger partial charge in [0.1, 0.15) is 0 Å². The van der Waals surface area contributed by atoms with Crippen LogP contribution in [-0.2, 0) is 23.9 Å². The second-order valence-corrected chi connectivity index (χ2v) is 8.24. The van der Waals surface area contributed by atoms with Crippen LogP contribution in [0.15, 0.2) is 78.9 Å². The molecule has 3 N–H and O–H groups in total. The second kappa shape index (κ2) is 12.3. The van der Waals surface area contributed by atoms with Gasteiger partial charge in [-0.15, -0.1) is 0 Å². The highest BCUT2D eigenvalue weighted by Crippen LogP contribution is 2.29. The fourth-order valence-corrected chi connectivity index (χ4v) is 3.67. The minimum atomic E-state index is -4.44. The SMILES string of the molecule is COC(=O)c1cccc(C(=O)NC(Cc2ccccc2)C(O)CNCc2cccc(C(F)(F)F)c2)c1. The van der Waals surface area contributed by atoms with E-state index in [4.69, 9.17) is 4.74 Å². The summed E-state index contributed by atoms with van der Waals surface area (Å²) < 4.78 is 43.6. The molecule has 3 aromatic rings. The van der Waals surface area contributed by atoms with Crippen molar-refractivity contribution in [2.24, 2.45) is 0 Å². The Balaban J connectivity index is 1.69. The van der Waals surface area contributed by atoms with E-state index in [1.807, 2.05) is 30.3 Å². The topological polar surface area (TPSA) is 87.7 Å². The van der Waals surface area contributed by atoms with Crippen LogP contribution in [-0.4, -0.2) is 42.8 Å². The molecule has 6 nitrogen and oxygen atoms in total. The number of hydrogen-bond acceptors (Lipinski definition) is 5. The van der Waals surface area contributed by atoms with E-state index in [2.05, 4.69) is 10.6 Å². The summed E-state index contributed by atoms with van der Waals surface area (Å²) in [7, 11) is 1.24. The number of aliphatic hydroxyl groups is 1. The van der Waals surface area contributed by atoms with Crippen LogP contribution in [0.4, 0.5) is 13.2 Å².